The molecule has 0 aromatic heterocycles. The summed E-state index contributed by atoms with van der Waals surface area (Å²) in [5.74, 6) is -0.699. The van der Waals surface area contributed by atoms with Gasteiger partial charge in [-0.2, -0.15) is 0 Å². The molecule has 1 aliphatic heterocycles. The summed E-state index contributed by atoms with van der Waals surface area (Å²) < 4.78 is 27.5. The predicted octanol–water partition coefficient (Wildman–Crippen LogP) is 1.06. The second-order valence-electron chi connectivity index (χ2n) is 3.87. The van der Waals surface area contributed by atoms with Crippen LogP contribution in [0.4, 0.5) is 0 Å². The van der Waals surface area contributed by atoms with Crippen molar-refractivity contribution in [3.63, 3.8) is 0 Å². The van der Waals surface area contributed by atoms with E-state index in [-0.39, 0.29) is 11.8 Å². The van der Waals surface area contributed by atoms with Gasteiger partial charge in [0.05, 0.1) is 0 Å². The van der Waals surface area contributed by atoms with E-state index in [0.29, 0.717) is 0 Å². The van der Waals surface area contributed by atoms with Crippen LogP contribution in [-0.2, 0) is 23.4 Å². The van der Waals surface area contributed by atoms with Crippen molar-refractivity contribution in [1.82, 2.24) is 0 Å². The first-order valence-corrected chi connectivity index (χ1v) is 7.77. The molecule has 1 rings (SSSR count). The largest absolute Gasteiger partial charge is 0.408 e. The molecule has 1 aliphatic rings. The van der Waals surface area contributed by atoms with Crippen LogP contribution in [0.2, 0.25) is 6.04 Å². The Morgan fingerprint density at radius 2 is 1.38 bits per heavy atom. The molecule has 5 nitrogen and oxygen atoms in total. The summed E-state index contributed by atoms with van der Waals surface area (Å²) in [5, 5.41) is 0. The third kappa shape index (κ3) is 2.64. The molecule has 1 heterocycles. The monoisotopic (exact) mass is 250 g/mol. The Bertz CT molecular complexity index is 174. The maximum Gasteiger partial charge on any atom is 0.312 e. The van der Waals surface area contributed by atoms with Gasteiger partial charge in [-0.3, -0.25) is 0 Å². The van der Waals surface area contributed by atoms with Crippen LogP contribution in [0.1, 0.15) is 12.8 Å². The molecule has 0 amide bonds. The molecule has 6 heteroatoms. The first-order valence-electron chi connectivity index (χ1n) is 5.50. The zero-order chi connectivity index (χ0) is 12.0. The highest BCUT2D eigenvalue weighted by Crippen LogP contribution is 2.31. The summed E-state index contributed by atoms with van der Waals surface area (Å²) in [5.41, 5.74) is 0. The molecule has 1 fully saturated rings. The smallest absolute Gasteiger partial charge is 0.312 e. The second kappa shape index (κ2) is 6.68. The minimum atomic E-state index is -2.33. The average Bonchev–Trinajstić information content (AvgIpc) is 2.33. The van der Waals surface area contributed by atoms with Crippen molar-refractivity contribution < 1.29 is 23.4 Å². The van der Waals surface area contributed by atoms with Crippen molar-refractivity contribution >= 4 is 8.32 Å². The molecule has 0 atom stereocenters. The fourth-order valence-electron chi connectivity index (χ4n) is 2.31. The molecule has 16 heavy (non-hydrogen) atoms. The fourth-order valence-corrected chi connectivity index (χ4v) is 6.34. The predicted molar refractivity (Wildman–Crippen MR) is 61.4 cm³/mol. The molecule has 0 bridgehead atoms. The summed E-state index contributed by atoms with van der Waals surface area (Å²) in [6.07, 6.45) is 2.19. The van der Waals surface area contributed by atoms with Crippen LogP contribution in [0.5, 0.6) is 0 Å². The lowest BCUT2D eigenvalue weighted by molar-refractivity contribution is -0.112. The zero-order valence-electron chi connectivity index (χ0n) is 10.5. The summed E-state index contributed by atoms with van der Waals surface area (Å²) >= 11 is 0. The Morgan fingerprint density at radius 1 is 0.875 bits per heavy atom. The SMILES string of the molecule is COC(OC)[Si]1(C(OC)OC)CCCCO1. The molecule has 0 aliphatic carbocycles. The topological polar surface area (TPSA) is 46.2 Å². The standard InChI is InChI=1S/C10H22O5Si/c1-11-9(12-2)16(10(13-3)14-4)8-6-5-7-15-16/h9-10H,5-8H2,1-4H3. The molecule has 0 radical (unpaired) electrons. The van der Waals surface area contributed by atoms with E-state index in [1.165, 1.54) is 0 Å². The highest BCUT2D eigenvalue weighted by Gasteiger charge is 2.54. The number of ether oxygens (including phenoxy) is 4. The van der Waals surface area contributed by atoms with Crippen LogP contribution in [-0.4, -0.2) is 55.2 Å². The fraction of sp³-hybridized carbons (Fsp3) is 1.00. The van der Waals surface area contributed by atoms with Gasteiger partial charge in [0.2, 0.25) is 0 Å². The van der Waals surface area contributed by atoms with Gasteiger partial charge in [0, 0.05) is 35.0 Å². The van der Waals surface area contributed by atoms with E-state index in [9.17, 15) is 0 Å². The first kappa shape index (κ1) is 14.1. The average molecular weight is 250 g/mol. The Kier molecular flexibility index (Phi) is 5.88. The van der Waals surface area contributed by atoms with Gasteiger partial charge in [-0.1, -0.05) is 6.42 Å². The van der Waals surface area contributed by atoms with Crippen molar-refractivity contribution in [3.05, 3.63) is 0 Å². The quantitative estimate of drug-likeness (QED) is 0.521. The Morgan fingerprint density at radius 3 is 1.69 bits per heavy atom. The minimum Gasteiger partial charge on any atom is -0.408 e. The number of hydrogen-bond acceptors (Lipinski definition) is 5. The third-order valence-corrected chi connectivity index (χ3v) is 7.40. The van der Waals surface area contributed by atoms with E-state index >= 15 is 0 Å². The van der Waals surface area contributed by atoms with Gasteiger partial charge in [0.15, 0.2) is 11.8 Å². The van der Waals surface area contributed by atoms with E-state index in [4.69, 9.17) is 23.4 Å². The van der Waals surface area contributed by atoms with E-state index in [2.05, 4.69) is 0 Å². The van der Waals surface area contributed by atoms with Crippen LogP contribution in [0.15, 0.2) is 0 Å². The zero-order valence-corrected chi connectivity index (χ0v) is 11.5. The Hall–Kier alpha value is 0.0169. The number of rotatable bonds is 6. The molecule has 0 unspecified atom stereocenters. The van der Waals surface area contributed by atoms with Crippen LogP contribution in [0.25, 0.3) is 0 Å². The summed E-state index contributed by atoms with van der Waals surface area (Å²) in [6.45, 7) is 0.735. The lowest BCUT2D eigenvalue weighted by Gasteiger charge is -2.42. The van der Waals surface area contributed by atoms with E-state index < -0.39 is 8.32 Å². The first-order chi connectivity index (χ1) is 7.75. The normalized spacial score (nSPS) is 20.6. The van der Waals surface area contributed by atoms with Crippen LogP contribution >= 0.6 is 0 Å². The maximum atomic E-state index is 5.99. The second-order valence-corrected chi connectivity index (χ2v) is 7.51. The molecule has 0 aromatic rings. The Labute approximate surface area is 98.1 Å². The Balaban J connectivity index is 2.89. The van der Waals surface area contributed by atoms with Gasteiger partial charge in [0.1, 0.15) is 0 Å². The maximum absolute atomic E-state index is 5.99. The number of methoxy groups -OCH3 is 4. The van der Waals surface area contributed by atoms with Gasteiger partial charge in [-0.25, -0.2) is 0 Å². The third-order valence-electron chi connectivity index (χ3n) is 2.99. The van der Waals surface area contributed by atoms with Crippen LogP contribution < -0.4 is 0 Å². The summed E-state index contributed by atoms with van der Waals surface area (Å²) in [6, 6.07) is 0.936. The molecule has 0 saturated carbocycles. The van der Waals surface area contributed by atoms with Gasteiger partial charge in [0.25, 0.3) is 0 Å². The molecule has 0 N–H and O–H groups in total. The van der Waals surface area contributed by atoms with Crippen molar-refractivity contribution in [3.8, 4) is 0 Å². The number of hydrogen-bond donors (Lipinski definition) is 0. The lowest BCUT2D eigenvalue weighted by Crippen LogP contribution is -2.63. The van der Waals surface area contributed by atoms with Crippen molar-refractivity contribution in [2.24, 2.45) is 0 Å². The van der Waals surface area contributed by atoms with Crippen LogP contribution in [0.3, 0.4) is 0 Å². The lowest BCUT2D eigenvalue weighted by atomic mass is 10.4. The highest BCUT2D eigenvalue weighted by atomic mass is 28.4. The minimum absolute atomic E-state index is 0.349. The van der Waals surface area contributed by atoms with Crippen molar-refractivity contribution in [2.45, 2.75) is 30.7 Å². The van der Waals surface area contributed by atoms with Gasteiger partial charge in [-0.15, -0.1) is 0 Å². The van der Waals surface area contributed by atoms with Crippen molar-refractivity contribution in [1.29, 1.82) is 0 Å². The van der Waals surface area contributed by atoms with Crippen LogP contribution in [0, 0.1) is 0 Å². The molecular weight excluding hydrogens is 228 g/mol. The molecular formula is C10H22O5Si. The molecule has 0 aromatic carbocycles. The molecule has 1 saturated heterocycles. The van der Waals surface area contributed by atoms with Gasteiger partial charge < -0.3 is 23.4 Å². The molecule has 96 valence electrons. The highest BCUT2D eigenvalue weighted by molar-refractivity contribution is 6.75. The van der Waals surface area contributed by atoms with Gasteiger partial charge >= 0.3 is 8.32 Å². The van der Waals surface area contributed by atoms with E-state index in [0.717, 1.165) is 25.5 Å². The van der Waals surface area contributed by atoms with E-state index in [1.54, 1.807) is 28.4 Å². The summed E-state index contributed by atoms with van der Waals surface area (Å²) in [7, 11) is 4.18. The van der Waals surface area contributed by atoms with E-state index in [1.807, 2.05) is 0 Å². The van der Waals surface area contributed by atoms with Gasteiger partial charge in [-0.05, 0) is 12.5 Å². The molecule has 0 spiro atoms. The van der Waals surface area contributed by atoms with Crippen molar-refractivity contribution in [2.75, 3.05) is 35.0 Å². The summed E-state index contributed by atoms with van der Waals surface area (Å²) in [4.78, 5) is 0.